The van der Waals surface area contributed by atoms with Crippen molar-refractivity contribution in [1.29, 1.82) is 0 Å². The number of carbonyl (C=O) groups is 1. The number of aliphatic imine (C=N–C) groups is 1. The topological polar surface area (TPSA) is 78.0 Å². The van der Waals surface area contributed by atoms with Gasteiger partial charge in [-0.25, -0.2) is 0 Å². The van der Waals surface area contributed by atoms with E-state index in [1.165, 1.54) is 0 Å². The minimum atomic E-state index is -0.494. The first kappa shape index (κ1) is 19.7. The Labute approximate surface area is 140 Å². The average Bonchev–Trinajstić information content (AvgIpc) is 2.54. The highest BCUT2D eigenvalue weighted by molar-refractivity contribution is 5.84. The third kappa shape index (κ3) is 5.99. The molecular weight excluding hydrogens is 294 g/mol. The molecule has 7 nitrogen and oxygen atoms in total. The fourth-order valence-corrected chi connectivity index (χ4v) is 2.52. The molecule has 1 heterocycles. The Balaban J connectivity index is 2.49. The Hall–Kier alpha value is -1.34. The van der Waals surface area contributed by atoms with E-state index in [1.54, 1.807) is 14.1 Å². The standard InChI is InChI=1S/C16H33N5O2/c1-15(2,13(22)17-5)11-19-14(18-6)20-12-16(3,4)21-7-9-23-10-8-21/h7-12H2,1-6H3,(H,17,22)(H2,18,19,20). The van der Waals surface area contributed by atoms with Crippen molar-refractivity contribution in [3.8, 4) is 0 Å². The number of guanidine groups is 1. The summed E-state index contributed by atoms with van der Waals surface area (Å²) in [4.78, 5) is 18.5. The van der Waals surface area contributed by atoms with Crippen LogP contribution >= 0.6 is 0 Å². The molecule has 0 aliphatic carbocycles. The van der Waals surface area contributed by atoms with Crippen LogP contribution in [0.3, 0.4) is 0 Å². The fraction of sp³-hybridized carbons (Fsp3) is 0.875. The largest absolute Gasteiger partial charge is 0.379 e. The van der Waals surface area contributed by atoms with Crippen LogP contribution in [0.1, 0.15) is 27.7 Å². The molecule has 1 fully saturated rings. The highest BCUT2D eigenvalue weighted by Crippen LogP contribution is 2.15. The highest BCUT2D eigenvalue weighted by atomic mass is 16.5. The van der Waals surface area contributed by atoms with Crippen molar-refractivity contribution in [2.45, 2.75) is 33.2 Å². The van der Waals surface area contributed by atoms with E-state index in [0.29, 0.717) is 12.5 Å². The first-order chi connectivity index (χ1) is 10.7. The number of nitrogens with one attached hydrogen (secondary N) is 3. The van der Waals surface area contributed by atoms with Gasteiger partial charge in [0.05, 0.1) is 18.6 Å². The van der Waals surface area contributed by atoms with Crippen LogP contribution in [-0.4, -0.2) is 75.8 Å². The second-order valence-electron chi connectivity index (χ2n) is 7.15. The van der Waals surface area contributed by atoms with Gasteiger partial charge in [0.25, 0.3) is 0 Å². The molecule has 134 valence electrons. The normalized spacial score (nSPS) is 17.7. The summed E-state index contributed by atoms with van der Waals surface area (Å²) < 4.78 is 5.41. The molecule has 0 aromatic heterocycles. The quantitative estimate of drug-likeness (QED) is 0.474. The Kier molecular flexibility index (Phi) is 7.28. The van der Waals surface area contributed by atoms with E-state index < -0.39 is 5.41 Å². The molecule has 0 spiro atoms. The number of ether oxygens (including phenoxy) is 1. The lowest BCUT2D eigenvalue weighted by molar-refractivity contribution is -0.128. The molecule has 0 aromatic carbocycles. The van der Waals surface area contributed by atoms with Gasteiger partial charge in [-0.15, -0.1) is 0 Å². The molecule has 0 radical (unpaired) electrons. The average molecular weight is 327 g/mol. The highest BCUT2D eigenvalue weighted by Gasteiger charge is 2.29. The molecule has 7 heteroatoms. The van der Waals surface area contributed by atoms with E-state index in [-0.39, 0.29) is 11.4 Å². The lowest BCUT2D eigenvalue weighted by Gasteiger charge is -2.41. The Morgan fingerprint density at radius 3 is 2.22 bits per heavy atom. The molecule has 0 bridgehead atoms. The van der Waals surface area contributed by atoms with Gasteiger partial charge in [0.2, 0.25) is 5.91 Å². The molecule has 1 aliphatic heterocycles. The van der Waals surface area contributed by atoms with Crippen LogP contribution in [-0.2, 0) is 9.53 Å². The van der Waals surface area contributed by atoms with Crippen molar-refractivity contribution in [2.75, 3.05) is 53.5 Å². The maximum Gasteiger partial charge on any atom is 0.227 e. The van der Waals surface area contributed by atoms with Gasteiger partial charge in [-0.05, 0) is 27.7 Å². The third-order valence-electron chi connectivity index (χ3n) is 4.32. The Bertz CT molecular complexity index is 415. The molecule has 0 saturated carbocycles. The molecule has 3 N–H and O–H groups in total. The van der Waals surface area contributed by atoms with Gasteiger partial charge in [-0.2, -0.15) is 0 Å². The van der Waals surface area contributed by atoms with E-state index in [4.69, 9.17) is 4.74 Å². The minimum absolute atomic E-state index is 0.00843. The lowest BCUT2D eigenvalue weighted by Crippen LogP contribution is -2.57. The van der Waals surface area contributed by atoms with E-state index in [1.807, 2.05) is 13.8 Å². The molecule has 1 rings (SSSR count). The monoisotopic (exact) mass is 327 g/mol. The third-order valence-corrected chi connectivity index (χ3v) is 4.32. The number of nitrogens with zero attached hydrogens (tertiary/aromatic N) is 2. The molecule has 1 amide bonds. The number of hydrogen-bond donors (Lipinski definition) is 3. The van der Waals surface area contributed by atoms with Crippen molar-refractivity contribution in [3.05, 3.63) is 0 Å². The zero-order valence-electron chi connectivity index (χ0n) is 15.5. The van der Waals surface area contributed by atoms with Crippen LogP contribution < -0.4 is 16.0 Å². The van der Waals surface area contributed by atoms with Gasteiger partial charge in [-0.3, -0.25) is 14.7 Å². The number of rotatable bonds is 6. The van der Waals surface area contributed by atoms with Gasteiger partial charge in [0, 0.05) is 45.8 Å². The predicted molar refractivity (Wildman–Crippen MR) is 93.7 cm³/mol. The summed E-state index contributed by atoms with van der Waals surface area (Å²) in [6.45, 7) is 13.0. The zero-order chi connectivity index (χ0) is 17.5. The van der Waals surface area contributed by atoms with Crippen LogP contribution in [0.25, 0.3) is 0 Å². The van der Waals surface area contributed by atoms with Gasteiger partial charge in [-0.1, -0.05) is 0 Å². The van der Waals surface area contributed by atoms with Crippen molar-refractivity contribution in [3.63, 3.8) is 0 Å². The second kappa shape index (κ2) is 8.49. The summed E-state index contributed by atoms with van der Waals surface area (Å²) >= 11 is 0. The predicted octanol–water partition coefficient (Wildman–Crippen LogP) is 0.0344. The van der Waals surface area contributed by atoms with Crippen LogP contribution in [0.5, 0.6) is 0 Å². The molecule has 0 unspecified atom stereocenters. The molecule has 0 atom stereocenters. The Morgan fingerprint density at radius 1 is 1.13 bits per heavy atom. The Morgan fingerprint density at radius 2 is 1.70 bits per heavy atom. The van der Waals surface area contributed by atoms with Gasteiger partial charge < -0.3 is 20.7 Å². The van der Waals surface area contributed by atoms with Crippen LogP contribution in [0.4, 0.5) is 0 Å². The van der Waals surface area contributed by atoms with E-state index >= 15 is 0 Å². The molecular formula is C16H33N5O2. The van der Waals surface area contributed by atoms with Crippen molar-refractivity contribution >= 4 is 11.9 Å². The number of morpholine rings is 1. The van der Waals surface area contributed by atoms with Gasteiger partial charge in [0.15, 0.2) is 5.96 Å². The van der Waals surface area contributed by atoms with E-state index in [0.717, 1.165) is 32.8 Å². The number of hydrogen-bond acceptors (Lipinski definition) is 4. The van der Waals surface area contributed by atoms with Crippen LogP contribution in [0.15, 0.2) is 4.99 Å². The second-order valence-corrected chi connectivity index (χ2v) is 7.15. The van der Waals surface area contributed by atoms with Crippen LogP contribution in [0.2, 0.25) is 0 Å². The van der Waals surface area contributed by atoms with Gasteiger partial charge >= 0.3 is 0 Å². The van der Waals surface area contributed by atoms with E-state index in [2.05, 4.69) is 39.7 Å². The first-order valence-electron chi connectivity index (χ1n) is 8.22. The van der Waals surface area contributed by atoms with E-state index in [9.17, 15) is 4.79 Å². The molecule has 23 heavy (non-hydrogen) atoms. The van der Waals surface area contributed by atoms with Gasteiger partial charge in [0.1, 0.15) is 0 Å². The summed E-state index contributed by atoms with van der Waals surface area (Å²) in [6, 6.07) is 0. The first-order valence-corrected chi connectivity index (χ1v) is 8.22. The summed E-state index contributed by atoms with van der Waals surface area (Å²) in [6.07, 6.45) is 0. The summed E-state index contributed by atoms with van der Waals surface area (Å²) in [5.41, 5.74) is -0.482. The van der Waals surface area contributed by atoms with Crippen molar-refractivity contribution < 1.29 is 9.53 Å². The maximum atomic E-state index is 11.8. The zero-order valence-corrected chi connectivity index (χ0v) is 15.5. The fourth-order valence-electron chi connectivity index (χ4n) is 2.52. The summed E-state index contributed by atoms with van der Waals surface area (Å²) in [7, 11) is 3.39. The maximum absolute atomic E-state index is 11.8. The van der Waals surface area contributed by atoms with Crippen LogP contribution in [0, 0.1) is 5.41 Å². The summed E-state index contributed by atoms with van der Waals surface area (Å²) in [5, 5.41) is 9.29. The molecule has 1 saturated heterocycles. The summed E-state index contributed by atoms with van der Waals surface area (Å²) in [5.74, 6) is 0.720. The SMILES string of the molecule is CN=C(NCC(C)(C)C(=O)NC)NCC(C)(C)N1CCOCC1. The minimum Gasteiger partial charge on any atom is -0.379 e. The molecule has 0 aromatic rings. The number of amides is 1. The number of carbonyl (C=O) groups excluding carboxylic acids is 1. The smallest absolute Gasteiger partial charge is 0.227 e. The molecule has 1 aliphatic rings. The van der Waals surface area contributed by atoms with Crippen molar-refractivity contribution in [1.82, 2.24) is 20.9 Å². The lowest BCUT2D eigenvalue weighted by atomic mass is 9.92. The van der Waals surface area contributed by atoms with Crippen molar-refractivity contribution in [2.24, 2.45) is 10.4 Å².